The minimum absolute atomic E-state index is 0.0993. The fourth-order valence-corrected chi connectivity index (χ4v) is 19.5. The molecule has 24 atom stereocenters. The number of fused-ring (bicyclic) bond motifs is 16. The van der Waals surface area contributed by atoms with Gasteiger partial charge in [-0.05, 0) is 131 Å². The van der Waals surface area contributed by atoms with Crippen LogP contribution in [-0.4, -0.2) is 135 Å². The van der Waals surface area contributed by atoms with E-state index in [0.717, 1.165) is 85.3 Å². The summed E-state index contributed by atoms with van der Waals surface area (Å²) < 4.78 is 26.0. The maximum atomic E-state index is 12.9. The molecule has 4 saturated heterocycles. The monoisotopic (exact) mass is 945 g/mol. The highest BCUT2D eigenvalue weighted by Crippen LogP contribution is 2.73. The van der Waals surface area contributed by atoms with Crippen molar-refractivity contribution < 1.29 is 59.8 Å². The first-order valence-corrected chi connectivity index (χ1v) is 26.3. The van der Waals surface area contributed by atoms with Gasteiger partial charge in [0.1, 0.15) is 35.6 Å². The van der Waals surface area contributed by atoms with E-state index < -0.39 is 87.4 Å². The average molecular weight is 945 g/mol. The van der Waals surface area contributed by atoms with Crippen LogP contribution in [0.3, 0.4) is 0 Å². The lowest BCUT2D eigenvalue weighted by Crippen LogP contribution is -2.67. The van der Waals surface area contributed by atoms with Crippen LogP contribution >= 0.6 is 0 Å². The molecular formula is C54H76N2O12. The lowest BCUT2D eigenvalue weighted by Gasteiger charge is -2.62. The van der Waals surface area contributed by atoms with Crippen molar-refractivity contribution in [2.24, 2.45) is 69.0 Å². The van der Waals surface area contributed by atoms with Crippen LogP contribution in [0.25, 0.3) is 0 Å². The van der Waals surface area contributed by atoms with Gasteiger partial charge >= 0.3 is 0 Å². The van der Waals surface area contributed by atoms with E-state index in [4.69, 9.17) is 28.9 Å². The molecule has 12 aliphatic rings. The number of rotatable bonds is 2. The average Bonchev–Trinajstić information content (AvgIpc) is 4.00. The number of aromatic nitrogens is 2. The van der Waals surface area contributed by atoms with Gasteiger partial charge in [-0.3, -0.25) is 9.97 Å². The summed E-state index contributed by atoms with van der Waals surface area (Å²) >= 11 is 0. The van der Waals surface area contributed by atoms with Crippen molar-refractivity contribution in [3.8, 4) is 0 Å². The Morgan fingerprint density at radius 2 is 1.04 bits per heavy atom. The van der Waals surface area contributed by atoms with Gasteiger partial charge in [-0.15, -0.1) is 0 Å². The smallest absolute Gasteiger partial charge is 0.201 e. The Labute approximate surface area is 399 Å². The normalized spacial score (nSPS) is 60.0. The Morgan fingerprint density at radius 3 is 1.53 bits per heavy atom. The lowest BCUT2D eigenvalue weighted by molar-refractivity contribution is -0.286. The highest BCUT2D eigenvalue weighted by molar-refractivity contribution is 5.45. The zero-order valence-corrected chi connectivity index (χ0v) is 41.2. The molecule has 374 valence electrons. The zero-order valence-electron chi connectivity index (χ0n) is 41.2. The fourth-order valence-electron chi connectivity index (χ4n) is 19.5. The number of aliphatic hydroxyl groups is 8. The second-order valence-corrected chi connectivity index (χ2v) is 26.4. The lowest BCUT2D eigenvalue weighted by atomic mass is 9.44. The van der Waals surface area contributed by atoms with Crippen molar-refractivity contribution in [2.45, 2.75) is 203 Å². The molecule has 4 saturated carbocycles. The molecule has 0 bridgehead atoms. The number of ether oxygens (including phenoxy) is 4. The molecule has 24 unspecified atom stereocenters. The van der Waals surface area contributed by atoms with Crippen LogP contribution in [0.1, 0.15) is 130 Å². The van der Waals surface area contributed by atoms with Crippen LogP contribution < -0.4 is 0 Å². The summed E-state index contributed by atoms with van der Waals surface area (Å²) in [5, 5.41) is 94.5. The maximum Gasteiger partial charge on any atom is 0.201 e. The van der Waals surface area contributed by atoms with Crippen LogP contribution in [0.15, 0.2) is 23.3 Å². The fraction of sp³-hybridized carbons (Fsp3) is 0.852. The summed E-state index contributed by atoms with van der Waals surface area (Å²) in [5.41, 5.74) is -1.29. The van der Waals surface area contributed by atoms with Gasteiger partial charge in [0.05, 0.1) is 59.4 Å². The van der Waals surface area contributed by atoms with Gasteiger partial charge in [0.15, 0.2) is 0 Å². The van der Waals surface area contributed by atoms with Crippen LogP contribution in [0.2, 0.25) is 0 Å². The van der Waals surface area contributed by atoms with Crippen LogP contribution in [-0.2, 0) is 44.6 Å². The minimum Gasteiger partial charge on any atom is -0.393 e. The molecule has 5 heterocycles. The minimum atomic E-state index is -1.80. The van der Waals surface area contributed by atoms with Gasteiger partial charge in [-0.2, -0.15) is 0 Å². The molecular weight excluding hydrogens is 869 g/mol. The van der Waals surface area contributed by atoms with Gasteiger partial charge in [0.25, 0.3) is 0 Å². The molecule has 0 aromatic carbocycles. The van der Waals surface area contributed by atoms with E-state index in [2.05, 4.69) is 19.9 Å². The van der Waals surface area contributed by atoms with Crippen molar-refractivity contribution in [1.29, 1.82) is 0 Å². The molecule has 14 heteroatoms. The summed E-state index contributed by atoms with van der Waals surface area (Å²) in [5.74, 6) is -2.70. The van der Waals surface area contributed by atoms with Gasteiger partial charge in [0.2, 0.25) is 11.6 Å². The second-order valence-electron chi connectivity index (χ2n) is 26.4. The van der Waals surface area contributed by atoms with Gasteiger partial charge in [-0.1, -0.05) is 64.8 Å². The standard InChI is InChI=1S/C54H76N2O12/c1-25-19-45(3,23-57)67-53(25)44(62)52(64)43(65-53)18-34-30-12-10-28-14-36-38(21-48(28,6)32(30)16-40(60)50(34,52)8)56-35-13-27-9-11-29-31(47(27,5)20-37(35)55-36)15-39(59)49(7)33(29)17-42-51(49,63)26(2)54(66-42)41(61)22-46(4,24-58)68-54/h17-18,25-32,39-44,57-64H,9-16,19-24H2,1-8H3. The Bertz CT molecular complexity index is 2270. The Kier molecular flexibility index (Phi) is 9.19. The summed E-state index contributed by atoms with van der Waals surface area (Å²) in [6.45, 7) is 15.6. The quantitative estimate of drug-likeness (QED) is 0.199. The van der Waals surface area contributed by atoms with E-state index >= 15 is 0 Å². The Morgan fingerprint density at radius 1 is 0.588 bits per heavy atom. The summed E-state index contributed by atoms with van der Waals surface area (Å²) in [6.07, 6.45) is 6.91. The van der Waals surface area contributed by atoms with Crippen molar-refractivity contribution in [3.63, 3.8) is 0 Å². The highest BCUT2D eigenvalue weighted by atomic mass is 16.8. The molecule has 4 aliphatic heterocycles. The third-order valence-electron chi connectivity index (χ3n) is 23.5. The molecule has 2 spiro atoms. The number of aliphatic hydroxyl groups excluding tert-OH is 6. The van der Waals surface area contributed by atoms with E-state index in [1.807, 2.05) is 40.7 Å². The maximum absolute atomic E-state index is 12.9. The topological polar surface area (TPSA) is 225 Å². The van der Waals surface area contributed by atoms with Crippen molar-refractivity contribution in [2.75, 3.05) is 13.2 Å². The third-order valence-corrected chi connectivity index (χ3v) is 23.5. The summed E-state index contributed by atoms with van der Waals surface area (Å²) in [6, 6.07) is 0. The molecule has 68 heavy (non-hydrogen) atoms. The Hall–Kier alpha value is -1.92. The molecule has 13 rings (SSSR count). The molecule has 8 N–H and O–H groups in total. The predicted molar refractivity (Wildman–Crippen MR) is 244 cm³/mol. The third kappa shape index (κ3) is 4.99. The Balaban J connectivity index is 0.771. The van der Waals surface area contributed by atoms with E-state index in [1.54, 1.807) is 6.92 Å². The zero-order chi connectivity index (χ0) is 48.1. The second kappa shape index (κ2) is 13.6. The van der Waals surface area contributed by atoms with Crippen molar-refractivity contribution >= 4 is 0 Å². The molecule has 14 nitrogen and oxygen atoms in total. The van der Waals surface area contributed by atoms with E-state index in [1.165, 1.54) is 0 Å². The number of nitrogens with zero attached hydrogens (tertiary/aromatic N) is 2. The van der Waals surface area contributed by atoms with Crippen LogP contribution in [0, 0.1) is 69.0 Å². The molecule has 0 amide bonds. The van der Waals surface area contributed by atoms with Gasteiger partial charge in [0, 0.05) is 29.1 Å². The summed E-state index contributed by atoms with van der Waals surface area (Å²) in [7, 11) is 0. The first kappa shape index (κ1) is 45.9. The van der Waals surface area contributed by atoms with Crippen LogP contribution in [0.5, 0.6) is 0 Å². The summed E-state index contributed by atoms with van der Waals surface area (Å²) in [4.78, 5) is 11.1. The SMILES string of the molecule is CC1CC(C)(CO)OC12OC1C=C3C4CCC5Cc6nc7c(nc6CC5(C)C4CC(O)C3(C)C1(O)C2O)CC1CCC2C3=CC4OC5(OC(C)(CO)CC5O)C(C)C4(O)C3(C)C(O)CC2C1(C)C7. The van der Waals surface area contributed by atoms with E-state index in [-0.39, 0.29) is 60.1 Å². The molecule has 8 fully saturated rings. The number of hydrogen-bond donors (Lipinski definition) is 8. The van der Waals surface area contributed by atoms with Crippen LogP contribution in [0.4, 0.5) is 0 Å². The first-order chi connectivity index (χ1) is 31.9. The molecule has 1 aromatic rings. The number of hydrogen-bond acceptors (Lipinski definition) is 14. The van der Waals surface area contributed by atoms with Crippen molar-refractivity contribution in [1.82, 2.24) is 9.97 Å². The molecule has 1 aromatic heterocycles. The molecule has 8 aliphatic carbocycles. The largest absolute Gasteiger partial charge is 0.393 e. The highest BCUT2D eigenvalue weighted by Gasteiger charge is 2.81. The van der Waals surface area contributed by atoms with Gasteiger partial charge < -0.3 is 59.8 Å². The van der Waals surface area contributed by atoms with E-state index in [9.17, 15) is 40.9 Å². The predicted octanol–water partition coefficient (Wildman–Crippen LogP) is 3.38. The van der Waals surface area contributed by atoms with Gasteiger partial charge in [-0.25, -0.2) is 0 Å². The first-order valence-electron chi connectivity index (χ1n) is 26.3. The molecule has 0 radical (unpaired) electrons. The van der Waals surface area contributed by atoms with E-state index in [0.29, 0.717) is 31.1 Å². The van der Waals surface area contributed by atoms with Crippen molar-refractivity contribution in [3.05, 3.63) is 46.1 Å².